The van der Waals surface area contributed by atoms with Crippen molar-refractivity contribution in [1.82, 2.24) is 9.88 Å². The van der Waals surface area contributed by atoms with Crippen LogP contribution in [0.15, 0.2) is 54.7 Å². The SMILES string of the molecule is COc1ccc(CNC(=O)Cn2ccc3c(Cl)cccc32)cc1. The van der Waals surface area contributed by atoms with Gasteiger partial charge in [-0.3, -0.25) is 4.79 Å². The number of amides is 1. The number of carbonyl (C=O) groups excluding carboxylic acids is 1. The smallest absolute Gasteiger partial charge is 0.240 e. The molecule has 2 aromatic carbocycles. The average molecular weight is 329 g/mol. The van der Waals surface area contributed by atoms with Gasteiger partial charge in [-0.1, -0.05) is 29.8 Å². The van der Waals surface area contributed by atoms with E-state index < -0.39 is 0 Å². The lowest BCUT2D eigenvalue weighted by atomic mass is 10.2. The molecule has 0 atom stereocenters. The minimum atomic E-state index is -0.0432. The highest BCUT2D eigenvalue weighted by Crippen LogP contribution is 2.24. The molecule has 1 heterocycles. The van der Waals surface area contributed by atoms with E-state index in [9.17, 15) is 4.79 Å². The third-order valence-corrected chi connectivity index (χ3v) is 4.05. The van der Waals surface area contributed by atoms with E-state index in [2.05, 4.69) is 5.32 Å². The lowest BCUT2D eigenvalue weighted by Crippen LogP contribution is -2.26. The predicted molar refractivity (Wildman–Crippen MR) is 91.8 cm³/mol. The fraction of sp³-hybridized carbons (Fsp3) is 0.167. The first-order valence-corrected chi connectivity index (χ1v) is 7.68. The van der Waals surface area contributed by atoms with E-state index in [0.717, 1.165) is 22.2 Å². The number of hydrogen-bond acceptors (Lipinski definition) is 2. The summed E-state index contributed by atoms with van der Waals surface area (Å²) in [5.74, 6) is 0.758. The van der Waals surface area contributed by atoms with Crippen LogP contribution in [0.3, 0.4) is 0 Å². The van der Waals surface area contributed by atoms with E-state index in [1.807, 2.05) is 59.3 Å². The molecule has 5 heteroatoms. The van der Waals surface area contributed by atoms with Gasteiger partial charge in [0.2, 0.25) is 5.91 Å². The fourth-order valence-corrected chi connectivity index (χ4v) is 2.71. The van der Waals surface area contributed by atoms with Crippen LogP contribution in [0.4, 0.5) is 0 Å². The van der Waals surface area contributed by atoms with E-state index in [0.29, 0.717) is 11.6 Å². The van der Waals surface area contributed by atoms with Crippen LogP contribution < -0.4 is 10.1 Å². The van der Waals surface area contributed by atoms with Crippen molar-refractivity contribution in [3.63, 3.8) is 0 Å². The van der Waals surface area contributed by atoms with Crippen molar-refractivity contribution in [1.29, 1.82) is 0 Å². The van der Waals surface area contributed by atoms with E-state index in [-0.39, 0.29) is 12.5 Å². The van der Waals surface area contributed by atoms with Gasteiger partial charge in [-0.15, -0.1) is 0 Å². The van der Waals surface area contributed by atoms with Crippen molar-refractivity contribution in [2.75, 3.05) is 7.11 Å². The normalized spacial score (nSPS) is 10.7. The van der Waals surface area contributed by atoms with Crippen LogP contribution in [0.25, 0.3) is 10.9 Å². The Morgan fingerprint density at radius 3 is 2.70 bits per heavy atom. The topological polar surface area (TPSA) is 43.3 Å². The van der Waals surface area contributed by atoms with Gasteiger partial charge in [-0.2, -0.15) is 0 Å². The number of aromatic nitrogens is 1. The summed E-state index contributed by atoms with van der Waals surface area (Å²) in [6, 6.07) is 15.2. The Morgan fingerprint density at radius 1 is 1.17 bits per heavy atom. The van der Waals surface area contributed by atoms with Crippen molar-refractivity contribution in [3.8, 4) is 5.75 Å². The van der Waals surface area contributed by atoms with Gasteiger partial charge in [0.25, 0.3) is 0 Å². The molecule has 0 saturated carbocycles. The average Bonchev–Trinajstić information content (AvgIpc) is 2.98. The summed E-state index contributed by atoms with van der Waals surface area (Å²) in [5, 5.41) is 4.57. The van der Waals surface area contributed by atoms with Gasteiger partial charge < -0.3 is 14.6 Å². The zero-order chi connectivity index (χ0) is 16.2. The number of rotatable bonds is 5. The second-order valence-corrected chi connectivity index (χ2v) is 5.65. The highest BCUT2D eigenvalue weighted by Gasteiger charge is 2.08. The van der Waals surface area contributed by atoms with Crippen LogP contribution in [-0.4, -0.2) is 17.6 Å². The molecule has 0 spiro atoms. The Hall–Kier alpha value is -2.46. The molecule has 0 saturated heterocycles. The molecule has 3 rings (SSSR count). The maximum atomic E-state index is 12.1. The van der Waals surface area contributed by atoms with Gasteiger partial charge in [0.1, 0.15) is 12.3 Å². The molecule has 0 unspecified atom stereocenters. The molecule has 0 aliphatic rings. The standard InChI is InChI=1S/C18H17ClN2O2/c1-23-14-7-5-13(6-8-14)11-20-18(22)12-21-10-9-15-16(19)3-2-4-17(15)21/h2-10H,11-12H2,1H3,(H,20,22). The second-order valence-electron chi connectivity index (χ2n) is 5.24. The van der Waals surface area contributed by atoms with Gasteiger partial charge in [0.05, 0.1) is 7.11 Å². The number of nitrogens with zero attached hydrogens (tertiary/aromatic N) is 1. The number of ether oxygens (including phenoxy) is 1. The number of benzene rings is 2. The molecule has 0 aliphatic heterocycles. The van der Waals surface area contributed by atoms with Gasteiger partial charge in [-0.25, -0.2) is 0 Å². The van der Waals surface area contributed by atoms with Crippen LogP contribution >= 0.6 is 11.6 Å². The molecule has 118 valence electrons. The summed E-state index contributed by atoms with van der Waals surface area (Å²) < 4.78 is 7.01. The van der Waals surface area contributed by atoms with Gasteiger partial charge in [0, 0.05) is 28.7 Å². The van der Waals surface area contributed by atoms with Crippen molar-refractivity contribution < 1.29 is 9.53 Å². The minimum absolute atomic E-state index is 0.0432. The molecule has 1 N–H and O–H groups in total. The lowest BCUT2D eigenvalue weighted by Gasteiger charge is -2.08. The summed E-state index contributed by atoms with van der Waals surface area (Å²) in [6.07, 6.45) is 1.88. The van der Waals surface area contributed by atoms with Gasteiger partial charge in [0.15, 0.2) is 0 Å². The van der Waals surface area contributed by atoms with E-state index >= 15 is 0 Å². The Morgan fingerprint density at radius 2 is 1.96 bits per heavy atom. The highest BCUT2D eigenvalue weighted by atomic mass is 35.5. The van der Waals surface area contributed by atoms with Crippen molar-refractivity contribution in [2.45, 2.75) is 13.1 Å². The molecule has 0 fully saturated rings. The maximum Gasteiger partial charge on any atom is 0.240 e. The molecular formula is C18H17ClN2O2. The number of methoxy groups -OCH3 is 1. The monoisotopic (exact) mass is 328 g/mol. The van der Waals surface area contributed by atoms with Crippen molar-refractivity contribution in [2.24, 2.45) is 0 Å². The number of carbonyl (C=O) groups is 1. The molecule has 1 amide bonds. The molecular weight excluding hydrogens is 312 g/mol. The second kappa shape index (κ2) is 6.75. The molecule has 3 aromatic rings. The van der Waals surface area contributed by atoms with Crippen LogP contribution in [0.2, 0.25) is 5.02 Å². The Kier molecular flexibility index (Phi) is 4.53. The number of fused-ring (bicyclic) bond motifs is 1. The number of halogens is 1. The van der Waals surface area contributed by atoms with E-state index in [1.165, 1.54) is 0 Å². The first kappa shape index (κ1) is 15.4. The zero-order valence-electron chi connectivity index (χ0n) is 12.8. The van der Waals surface area contributed by atoms with Crippen LogP contribution in [0.5, 0.6) is 5.75 Å². The van der Waals surface area contributed by atoms with Crippen LogP contribution in [0.1, 0.15) is 5.56 Å². The predicted octanol–water partition coefficient (Wildman–Crippen LogP) is 3.62. The highest BCUT2D eigenvalue weighted by molar-refractivity contribution is 6.35. The molecule has 23 heavy (non-hydrogen) atoms. The number of nitrogens with one attached hydrogen (secondary N) is 1. The third kappa shape index (κ3) is 3.48. The maximum absolute atomic E-state index is 12.1. The molecule has 1 aromatic heterocycles. The zero-order valence-corrected chi connectivity index (χ0v) is 13.5. The first-order valence-electron chi connectivity index (χ1n) is 7.30. The summed E-state index contributed by atoms with van der Waals surface area (Å²) in [4.78, 5) is 12.1. The lowest BCUT2D eigenvalue weighted by molar-refractivity contribution is -0.121. The van der Waals surface area contributed by atoms with Crippen molar-refractivity contribution >= 4 is 28.4 Å². The summed E-state index contributed by atoms with van der Waals surface area (Å²) in [7, 11) is 1.63. The molecule has 4 nitrogen and oxygen atoms in total. The summed E-state index contributed by atoms with van der Waals surface area (Å²) in [5.41, 5.74) is 1.98. The first-order chi connectivity index (χ1) is 11.2. The third-order valence-electron chi connectivity index (χ3n) is 3.72. The Labute approximate surface area is 139 Å². The fourth-order valence-electron chi connectivity index (χ4n) is 2.48. The summed E-state index contributed by atoms with van der Waals surface area (Å²) >= 11 is 6.15. The quantitative estimate of drug-likeness (QED) is 0.777. The molecule has 0 bridgehead atoms. The van der Waals surface area contributed by atoms with Gasteiger partial charge in [-0.05, 0) is 35.9 Å². The van der Waals surface area contributed by atoms with E-state index in [4.69, 9.17) is 16.3 Å². The Balaban J connectivity index is 1.63. The van der Waals surface area contributed by atoms with Gasteiger partial charge >= 0.3 is 0 Å². The van der Waals surface area contributed by atoms with Crippen molar-refractivity contribution in [3.05, 3.63) is 65.3 Å². The van der Waals surface area contributed by atoms with E-state index in [1.54, 1.807) is 7.11 Å². The number of hydrogen-bond donors (Lipinski definition) is 1. The molecule has 0 radical (unpaired) electrons. The largest absolute Gasteiger partial charge is 0.497 e. The Bertz CT molecular complexity index is 825. The van der Waals surface area contributed by atoms with Crippen LogP contribution in [0, 0.1) is 0 Å². The summed E-state index contributed by atoms with van der Waals surface area (Å²) in [6.45, 7) is 0.753. The molecule has 0 aliphatic carbocycles. The minimum Gasteiger partial charge on any atom is -0.497 e. The van der Waals surface area contributed by atoms with Crippen LogP contribution in [-0.2, 0) is 17.9 Å².